The summed E-state index contributed by atoms with van der Waals surface area (Å²) >= 11 is 1.56. The molecule has 1 unspecified atom stereocenters. The van der Waals surface area contributed by atoms with Crippen LogP contribution in [0, 0.1) is 0 Å². The molecular weight excluding hydrogens is 356 g/mol. The average Bonchev–Trinajstić information content (AvgIpc) is 2.98. The van der Waals surface area contributed by atoms with Gasteiger partial charge in [-0.25, -0.2) is 13.1 Å². The maximum absolute atomic E-state index is 12.4. The molecule has 0 bridgehead atoms. The molecule has 0 saturated carbocycles. The second-order valence-electron chi connectivity index (χ2n) is 6.21. The van der Waals surface area contributed by atoms with Crippen molar-refractivity contribution in [3.63, 3.8) is 0 Å². The van der Waals surface area contributed by atoms with Gasteiger partial charge in [0, 0.05) is 16.6 Å². The first-order valence-electron chi connectivity index (χ1n) is 8.03. The summed E-state index contributed by atoms with van der Waals surface area (Å²) in [5, 5.41) is 2.70. The predicted molar refractivity (Wildman–Crippen MR) is 100 cm³/mol. The highest BCUT2D eigenvalue weighted by Gasteiger charge is 2.28. The number of hydrogen-bond acceptors (Lipinski definition) is 4. The van der Waals surface area contributed by atoms with E-state index in [1.807, 2.05) is 24.3 Å². The Morgan fingerprint density at radius 1 is 1.12 bits per heavy atom. The van der Waals surface area contributed by atoms with Crippen LogP contribution in [0.2, 0.25) is 0 Å². The van der Waals surface area contributed by atoms with Gasteiger partial charge in [-0.05, 0) is 56.2 Å². The van der Waals surface area contributed by atoms with Crippen LogP contribution >= 0.6 is 11.8 Å². The third kappa shape index (κ3) is 4.23. The van der Waals surface area contributed by atoms with E-state index in [1.54, 1.807) is 37.7 Å². The summed E-state index contributed by atoms with van der Waals surface area (Å²) in [5.74, 6) is -0.0721. The Bertz CT molecular complexity index is 852. The summed E-state index contributed by atoms with van der Waals surface area (Å²) in [6.07, 6.45) is 0.706. The molecule has 2 N–H and O–H groups in total. The third-order valence-electron chi connectivity index (χ3n) is 3.76. The molecule has 0 aliphatic carbocycles. The molecule has 2 aromatic carbocycles. The van der Waals surface area contributed by atoms with E-state index in [9.17, 15) is 13.2 Å². The van der Waals surface area contributed by atoms with Crippen molar-refractivity contribution in [3.8, 4) is 0 Å². The van der Waals surface area contributed by atoms with Crippen molar-refractivity contribution in [1.82, 2.24) is 4.72 Å². The largest absolute Gasteiger partial charge is 0.325 e. The maximum atomic E-state index is 12.4. The topological polar surface area (TPSA) is 75.3 Å². The zero-order valence-electron chi connectivity index (χ0n) is 14.0. The molecule has 1 amide bonds. The minimum atomic E-state index is -3.52. The molecule has 1 atom stereocenters. The highest BCUT2D eigenvalue weighted by Crippen LogP contribution is 2.37. The molecule has 0 spiro atoms. The number of carbonyl (C=O) groups is 1. The number of amides is 1. The van der Waals surface area contributed by atoms with Crippen LogP contribution in [0.5, 0.6) is 0 Å². The number of anilines is 1. The first-order valence-corrected chi connectivity index (χ1v) is 10.4. The lowest BCUT2D eigenvalue weighted by Gasteiger charge is -2.12. The lowest BCUT2D eigenvalue weighted by molar-refractivity contribution is -0.115. The molecule has 2 aromatic rings. The van der Waals surface area contributed by atoms with Gasteiger partial charge in [-0.15, -0.1) is 11.8 Å². The number of rotatable bonds is 5. The highest BCUT2D eigenvalue weighted by molar-refractivity contribution is 8.01. The van der Waals surface area contributed by atoms with E-state index in [0.717, 1.165) is 4.90 Å². The number of nitrogens with one attached hydrogen (secondary N) is 2. The zero-order valence-corrected chi connectivity index (χ0v) is 15.7. The van der Waals surface area contributed by atoms with Gasteiger partial charge in [0.1, 0.15) is 0 Å². The zero-order chi connectivity index (χ0) is 18.0. The fourth-order valence-corrected chi connectivity index (χ4v) is 5.09. The number of fused-ring (bicyclic) bond motifs is 1. The van der Waals surface area contributed by atoms with Crippen molar-refractivity contribution >= 4 is 33.4 Å². The van der Waals surface area contributed by atoms with Crippen LogP contribution in [0.4, 0.5) is 5.69 Å². The Kier molecular flexibility index (Phi) is 5.17. The predicted octanol–water partition coefficient (Wildman–Crippen LogP) is 3.03. The van der Waals surface area contributed by atoms with E-state index < -0.39 is 10.0 Å². The van der Waals surface area contributed by atoms with E-state index in [-0.39, 0.29) is 22.1 Å². The third-order valence-corrected chi connectivity index (χ3v) is 6.75. The number of hydrogen-bond donors (Lipinski definition) is 2. The second kappa shape index (κ2) is 7.19. The molecular formula is C18H20N2O3S2. The van der Waals surface area contributed by atoms with Gasteiger partial charge in [0.25, 0.3) is 0 Å². The fraction of sp³-hybridized carbons (Fsp3) is 0.278. The van der Waals surface area contributed by atoms with Crippen LogP contribution in [0.3, 0.4) is 0 Å². The molecule has 1 aliphatic heterocycles. The number of sulfonamides is 1. The molecule has 0 radical (unpaired) electrons. The normalized spacial score (nSPS) is 16.7. The van der Waals surface area contributed by atoms with Gasteiger partial charge in [-0.1, -0.05) is 18.2 Å². The van der Waals surface area contributed by atoms with Gasteiger partial charge in [-0.2, -0.15) is 0 Å². The Hall–Kier alpha value is -1.83. The first-order chi connectivity index (χ1) is 11.8. The molecule has 0 saturated heterocycles. The average molecular weight is 377 g/mol. The van der Waals surface area contributed by atoms with Crippen LogP contribution in [-0.4, -0.2) is 25.6 Å². The van der Waals surface area contributed by atoms with Crippen LogP contribution in [0.25, 0.3) is 0 Å². The number of carbonyl (C=O) groups excluding carboxylic acids is 1. The van der Waals surface area contributed by atoms with E-state index in [2.05, 4.69) is 10.0 Å². The minimum absolute atomic E-state index is 0.0721. The molecule has 132 valence electrons. The summed E-state index contributed by atoms with van der Waals surface area (Å²) in [7, 11) is -3.52. The molecule has 0 fully saturated rings. The monoisotopic (exact) mass is 376 g/mol. The van der Waals surface area contributed by atoms with Crippen LogP contribution in [0.1, 0.15) is 19.4 Å². The van der Waals surface area contributed by atoms with Gasteiger partial charge in [-0.3, -0.25) is 4.79 Å². The SMILES string of the molecule is CC(C)NS(=O)(=O)c1ccc(NC(=O)C2Cc3ccccc3S2)cc1. The lowest BCUT2D eigenvalue weighted by atomic mass is 10.1. The van der Waals surface area contributed by atoms with E-state index in [0.29, 0.717) is 12.1 Å². The summed E-state index contributed by atoms with van der Waals surface area (Å²) in [4.78, 5) is 13.8. The standard InChI is InChI=1S/C18H20N2O3S2/c1-12(2)20-25(22,23)15-9-7-14(8-10-15)19-18(21)17-11-13-5-3-4-6-16(13)24-17/h3-10,12,17,20H,11H2,1-2H3,(H,19,21). The molecule has 3 rings (SSSR count). The van der Waals surface area contributed by atoms with Crippen LogP contribution in [0.15, 0.2) is 58.3 Å². The van der Waals surface area contributed by atoms with E-state index in [1.165, 1.54) is 17.7 Å². The summed E-state index contributed by atoms with van der Waals surface area (Å²) in [5.41, 5.74) is 1.78. The minimum Gasteiger partial charge on any atom is -0.325 e. The Labute approximate surface area is 152 Å². The maximum Gasteiger partial charge on any atom is 0.240 e. The van der Waals surface area contributed by atoms with Crippen molar-refractivity contribution in [1.29, 1.82) is 0 Å². The van der Waals surface area contributed by atoms with Crippen molar-refractivity contribution in [2.45, 2.75) is 41.4 Å². The fourth-order valence-electron chi connectivity index (χ4n) is 2.65. The molecule has 1 aliphatic rings. The Balaban J connectivity index is 1.65. The van der Waals surface area contributed by atoms with Gasteiger partial charge in [0.15, 0.2) is 0 Å². The molecule has 1 heterocycles. The van der Waals surface area contributed by atoms with Crippen LogP contribution < -0.4 is 10.0 Å². The summed E-state index contributed by atoms with van der Waals surface area (Å²) in [6, 6.07) is 14.0. The molecule has 25 heavy (non-hydrogen) atoms. The first kappa shape index (κ1) is 18.0. The van der Waals surface area contributed by atoms with E-state index >= 15 is 0 Å². The Morgan fingerprint density at radius 2 is 1.80 bits per heavy atom. The van der Waals surface area contributed by atoms with Gasteiger partial charge in [0.2, 0.25) is 15.9 Å². The van der Waals surface area contributed by atoms with E-state index in [4.69, 9.17) is 0 Å². The molecule has 7 heteroatoms. The van der Waals surface area contributed by atoms with Crippen molar-refractivity contribution in [2.75, 3.05) is 5.32 Å². The summed E-state index contributed by atoms with van der Waals surface area (Å²) in [6.45, 7) is 3.53. The highest BCUT2D eigenvalue weighted by atomic mass is 32.2. The van der Waals surface area contributed by atoms with Crippen LogP contribution in [-0.2, 0) is 21.2 Å². The van der Waals surface area contributed by atoms with Gasteiger partial charge < -0.3 is 5.32 Å². The van der Waals surface area contributed by atoms with Crippen molar-refractivity contribution in [2.24, 2.45) is 0 Å². The van der Waals surface area contributed by atoms with Crippen molar-refractivity contribution < 1.29 is 13.2 Å². The van der Waals surface area contributed by atoms with Gasteiger partial charge >= 0.3 is 0 Å². The second-order valence-corrected chi connectivity index (χ2v) is 9.17. The number of thioether (sulfide) groups is 1. The van der Waals surface area contributed by atoms with Crippen molar-refractivity contribution in [3.05, 3.63) is 54.1 Å². The smallest absolute Gasteiger partial charge is 0.240 e. The summed E-state index contributed by atoms with van der Waals surface area (Å²) < 4.78 is 26.8. The van der Waals surface area contributed by atoms with Gasteiger partial charge in [0.05, 0.1) is 10.1 Å². The lowest BCUT2D eigenvalue weighted by Crippen LogP contribution is -2.30. The Morgan fingerprint density at radius 3 is 2.44 bits per heavy atom. The quantitative estimate of drug-likeness (QED) is 0.841. The number of benzene rings is 2. The molecule has 0 aromatic heterocycles. The molecule has 5 nitrogen and oxygen atoms in total.